The number of phenols is 1. The molecule has 0 aliphatic heterocycles. The van der Waals surface area contributed by atoms with Gasteiger partial charge in [0.25, 0.3) is 5.91 Å². The number of phenolic OH excluding ortho intramolecular Hbond substituents is 1. The summed E-state index contributed by atoms with van der Waals surface area (Å²) in [5, 5.41) is 16.0. The Bertz CT molecular complexity index is 1410. The summed E-state index contributed by atoms with van der Waals surface area (Å²) in [6, 6.07) is 19.1. The third kappa shape index (κ3) is 10.4. The van der Waals surface area contributed by atoms with E-state index in [0.717, 1.165) is 23.1 Å². The molecule has 0 saturated heterocycles. The van der Waals surface area contributed by atoms with Crippen LogP contribution < -0.4 is 10.6 Å². The van der Waals surface area contributed by atoms with E-state index in [-0.39, 0.29) is 18.2 Å². The Hall–Kier alpha value is -4.33. The van der Waals surface area contributed by atoms with E-state index >= 15 is 0 Å². The summed E-state index contributed by atoms with van der Waals surface area (Å²) in [7, 11) is 0. The van der Waals surface area contributed by atoms with E-state index in [9.17, 15) is 19.5 Å². The number of nitrogens with zero attached hydrogens (tertiary/aromatic N) is 1. The van der Waals surface area contributed by atoms with Gasteiger partial charge in [0.05, 0.1) is 0 Å². The number of hydrogen-bond acceptors (Lipinski definition) is 5. The van der Waals surface area contributed by atoms with E-state index in [2.05, 4.69) is 24.5 Å². The summed E-state index contributed by atoms with van der Waals surface area (Å²) < 4.78 is 5.56. The quantitative estimate of drug-likeness (QED) is 0.196. The van der Waals surface area contributed by atoms with Crippen LogP contribution in [-0.2, 0) is 20.7 Å². The predicted molar refractivity (Wildman–Crippen MR) is 179 cm³/mol. The monoisotopic (exact) mass is 615 g/mol. The van der Waals surface area contributed by atoms with E-state index in [1.165, 1.54) is 12.1 Å². The van der Waals surface area contributed by atoms with Gasteiger partial charge in [-0.25, -0.2) is 4.79 Å². The molecule has 3 aromatic carbocycles. The van der Waals surface area contributed by atoms with Gasteiger partial charge in [0.15, 0.2) is 0 Å². The second-order valence-corrected chi connectivity index (χ2v) is 13.2. The minimum Gasteiger partial charge on any atom is -0.508 e. The van der Waals surface area contributed by atoms with Crippen molar-refractivity contribution in [1.82, 2.24) is 10.2 Å². The van der Waals surface area contributed by atoms with Crippen molar-refractivity contribution >= 4 is 23.6 Å². The standard InChI is InChI=1S/C37H49N3O5/c1-24(2)17-18-27(5)40(35(43)31(23-28-15-10-9-11-16-28)38-36(44)45-37(6,7)8)33(29-19-21-30(41)22-20-29)34(42)39-32-25(3)13-12-14-26(32)4/h9-16,19-22,24,27,31,33,41H,17-18,23H2,1-8H3,(H,38,44)(H,39,42). The molecular weight excluding hydrogens is 566 g/mol. The van der Waals surface area contributed by atoms with Crippen molar-refractivity contribution in [3.63, 3.8) is 0 Å². The minimum absolute atomic E-state index is 0.0481. The van der Waals surface area contributed by atoms with Crippen LogP contribution in [0.1, 0.15) is 82.7 Å². The van der Waals surface area contributed by atoms with Crippen molar-refractivity contribution in [2.75, 3.05) is 5.32 Å². The largest absolute Gasteiger partial charge is 0.508 e. The van der Waals surface area contributed by atoms with Crippen LogP contribution in [0, 0.1) is 19.8 Å². The molecule has 0 aliphatic carbocycles. The highest BCUT2D eigenvalue weighted by Crippen LogP contribution is 2.31. The lowest BCUT2D eigenvalue weighted by molar-refractivity contribution is -0.143. The first-order valence-electron chi connectivity index (χ1n) is 15.7. The highest BCUT2D eigenvalue weighted by Gasteiger charge is 2.39. The third-order valence-electron chi connectivity index (χ3n) is 7.63. The average Bonchev–Trinajstić information content (AvgIpc) is 2.96. The zero-order chi connectivity index (χ0) is 33.3. The number of carbonyl (C=O) groups excluding carboxylic acids is 3. The van der Waals surface area contributed by atoms with Crippen molar-refractivity contribution in [1.29, 1.82) is 0 Å². The second kappa shape index (κ2) is 15.6. The minimum atomic E-state index is -1.06. The molecule has 3 N–H and O–H groups in total. The normalized spacial score (nSPS) is 13.4. The number of aromatic hydroxyl groups is 1. The van der Waals surface area contributed by atoms with Gasteiger partial charge in [-0.3, -0.25) is 9.59 Å². The van der Waals surface area contributed by atoms with Crippen molar-refractivity contribution in [2.45, 2.75) is 98.4 Å². The first-order chi connectivity index (χ1) is 21.2. The third-order valence-corrected chi connectivity index (χ3v) is 7.63. The lowest BCUT2D eigenvalue weighted by atomic mass is 9.95. The van der Waals surface area contributed by atoms with Crippen LogP contribution in [-0.4, -0.2) is 45.6 Å². The fourth-order valence-electron chi connectivity index (χ4n) is 5.29. The fourth-order valence-corrected chi connectivity index (χ4v) is 5.29. The van der Waals surface area contributed by atoms with Gasteiger partial charge >= 0.3 is 6.09 Å². The predicted octanol–water partition coefficient (Wildman–Crippen LogP) is 7.48. The molecule has 0 aliphatic rings. The number of hydrogen-bond donors (Lipinski definition) is 3. The average molecular weight is 616 g/mol. The van der Waals surface area contributed by atoms with E-state index < -0.39 is 35.6 Å². The zero-order valence-electron chi connectivity index (χ0n) is 27.9. The summed E-state index contributed by atoms with van der Waals surface area (Å²) in [6.45, 7) is 15.3. The molecule has 0 bridgehead atoms. The number of anilines is 1. The van der Waals surface area contributed by atoms with Crippen molar-refractivity contribution < 1.29 is 24.2 Å². The number of benzene rings is 3. The van der Waals surface area contributed by atoms with Gasteiger partial charge < -0.3 is 25.4 Å². The number of rotatable bonds is 12. The number of nitrogens with one attached hydrogen (secondary N) is 2. The smallest absolute Gasteiger partial charge is 0.408 e. The molecule has 0 saturated carbocycles. The Labute approximate surface area is 268 Å². The molecule has 0 aromatic heterocycles. The van der Waals surface area contributed by atoms with Crippen LogP contribution in [0.4, 0.5) is 10.5 Å². The first kappa shape index (κ1) is 35.2. The molecule has 3 atom stereocenters. The number of para-hydroxylation sites is 1. The summed E-state index contributed by atoms with van der Waals surface area (Å²) in [5.41, 5.74) is 3.09. The van der Waals surface area contributed by atoms with Gasteiger partial charge in [0, 0.05) is 18.2 Å². The van der Waals surface area contributed by atoms with Gasteiger partial charge in [-0.15, -0.1) is 0 Å². The maximum atomic E-state index is 14.8. The fraction of sp³-hybridized carbons (Fsp3) is 0.432. The van der Waals surface area contributed by atoms with E-state index in [1.807, 2.05) is 69.3 Å². The SMILES string of the molecule is Cc1cccc(C)c1NC(=O)C(c1ccc(O)cc1)N(C(=O)C(Cc1ccccc1)NC(=O)OC(C)(C)C)C(C)CCC(C)C. The van der Waals surface area contributed by atoms with E-state index in [0.29, 0.717) is 23.6 Å². The Morgan fingerprint density at radius 3 is 2.00 bits per heavy atom. The van der Waals surface area contributed by atoms with Gasteiger partial charge in [-0.1, -0.05) is 74.5 Å². The lowest BCUT2D eigenvalue weighted by Gasteiger charge is -2.39. The van der Waals surface area contributed by atoms with Crippen molar-refractivity contribution in [3.8, 4) is 5.75 Å². The number of amides is 3. The summed E-state index contributed by atoms with van der Waals surface area (Å²) >= 11 is 0. The molecule has 0 heterocycles. The van der Waals surface area contributed by atoms with Crippen LogP contribution in [0.15, 0.2) is 72.8 Å². The van der Waals surface area contributed by atoms with Crippen LogP contribution in [0.2, 0.25) is 0 Å². The van der Waals surface area contributed by atoms with Crippen molar-refractivity contribution in [2.24, 2.45) is 5.92 Å². The molecule has 0 fully saturated rings. The van der Waals surface area contributed by atoms with Gasteiger partial charge in [0.2, 0.25) is 5.91 Å². The van der Waals surface area contributed by atoms with Gasteiger partial charge in [0.1, 0.15) is 23.4 Å². The number of alkyl carbamates (subject to hydrolysis) is 1. The van der Waals surface area contributed by atoms with Crippen LogP contribution in [0.3, 0.4) is 0 Å². The maximum absolute atomic E-state index is 14.8. The Balaban J connectivity index is 2.15. The first-order valence-corrected chi connectivity index (χ1v) is 15.7. The second-order valence-electron chi connectivity index (χ2n) is 13.2. The summed E-state index contributed by atoms with van der Waals surface area (Å²) in [5.74, 6) is -0.374. The molecule has 8 nitrogen and oxygen atoms in total. The lowest BCUT2D eigenvalue weighted by Crippen LogP contribution is -2.55. The Kier molecular flexibility index (Phi) is 12.2. The molecule has 242 valence electrons. The van der Waals surface area contributed by atoms with Crippen LogP contribution in [0.25, 0.3) is 0 Å². The summed E-state index contributed by atoms with van der Waals surface area (Å²) in [4.78, 5) is 43.9. The van der Waals surface area contributed by atoms with E-state index in [1.54, 1.807) is 37.8 Å². The molecule has 45 heavy (non-hydrogen) atoms. The Morgan fingerprint density at radius 2 is 1.44 bits per heavy atom. The molecular formula is C37H49N3O5. The molecule has 8 heteroatoms. The molecule has 3 rings (SSSR count). The van der Waals surface area contributed by atoms with Gasteiger partial charge in [-0.2, -0.15) is 0 Å². The zero-order valence-corrected chi connectivity index (χ0v) is 27.9. The highest BCUT2D eigenvalue weighted by atomic mass is 16.6. The summed E-state index contributed by atoms with van der Waals surface area (Å²) in [6.07, 6.45) is 0.953. The number of aryl methyl sites for hydroxylation is 2. The Morgan fingerprint density at radius 1 is 0.844 bits per heavy atom. The van der Waals surface area contributed by atoms with Crippen LogP contribution >= 0.6 is 0 Å². The molecule has 3 amide bonds. The van der Waals surface area contributed by atoms with Gasteiger partial charge in [-0.05, 0) is 94.7 Å². The van der Waals surface area contributed by atoms with Crippen LogP contribution in [0.5, 0.6) is 5.75 Å². The molecule has 3 unspecified atom stereocenters. The van der Waals surface area contributed by atoms with Crippen molar-refractivity contribution in [3.05, 3.63) is 95.1 Å². The highest BCUT2D eigenvalue weighted by molar-refractivity contribution is 6.00. The molecule has 3 aromatic rings. The van der Waals surface area contributed by atoms with E-state index in [4.69, 9.17) is 4.74 Å². The maximum Gasteiger partial charge on any atom is 0.408 e. The topological polar surface area (TPSA) is 108 Å². The number of carbonyl (C=O) groups is 3. The number of ether oxygens (including phenoxy) is 1. The molecule has 0 radical (unpaired) electrons. The molecule has 0 spiro atoms.